The molecule has 3 aromatic rings. The maximum Gasteiger partial charge on any atom is 0.289 e. The molecule has 0 spiro atoms. The van der Waals surface area contributed by atoms with Gasteiger partial charge in [-0.05, 0) is 54.8 Å². The number of H-pyrrole nitrogens is 1. The summed E-state index contributed by atoms with van der Waals surface area (Å²) in [7, 11) is 0. The van der Waals surface area contributed by atoms with Crippen LogP contribution in [0.15, 0.2) is 71.3 Å². The number of carbonyl (C=O) groups is 1. The zero-order valence-corrected chi connectivity index (χ0v) is 20.1. The summed E-state index contributed by atoms with van der Waals surface area (Å²) in [5.41, 5.74) is 6.49. The van der Waals surface area contributed by atoms with Crippen molar-refractivity contribution in [1.29, 1.82) is 0 Å². The minimum absolute atomic E-state index is 0.346. The number of hydrogen-bond acceptors (Lipinski definition) is 4. The van der Waals surface area contributed by atoms with Gasteiger partial charge in [0.05, 0.1) is 18.5 Å². The summed E-state index contributed by atoms with van der Waals surface area (Å²) < 4.78 is 5.84. The number of allylic oxidation sites excluding steroid dienone is 1. The Balaban J connectivity index is 1.45. The summed E-state index contributed by atoms with van der Waals surface area (Å²) in [6, 6.07) is 19.4. The molecule has 1 aromatic heterocycles. The molecule has 0 aliphatic rings. The fraction of sp³-hybridized carbons (Fsp3) is 0.321. The van der Waals surface area contributed by atoms with E-state index in [0.717, 1.165) is 35.5 Å². The van der Waals surface area contributed by atoms with Crippen LogP contribution in [0.25, 0.3) is 17.3 Å². The number of hydrazone groups is 1. The van der Waals surface area contributed by atoms with Crippen LogP contribution in [0.5, 0.6) is 5.75 Å². The molecule has 3 rings (SSSR count). The third-order valence-electron chi connectivity index (χ3n) is 5.37. The van der Waals surface area contributed by atoms with E-state index in [9.17, 15) is 4.79 Å². The minimum Gasteiger partial charge on any atom is -0.494 e. The smallest absolute Gasteiger partial charge is 0.289 e. The molecule has 0 saturated heterocycles. The lowest BCUT2D eigenvalue weighted by atomic mass is 10.1. The van der Waals surface area contributed by atoms with Gasteiger partial charge in [-0.15, -0.1) is 0 Å². The lowest BCUT2D eigenvalue weighted by Crippen LogP contribution is -2.17. The second-order valence-electron chi connectivity index (χ2n) is 8.31. The zero-order chi connectivity index (χ0) is 24.0. The number of carbonyl (C=O) groups excluding carboxylic acids is 1. The van der Waals surface area contributed by atoms with Crippen LogP contribution in [0.1, 0.15) is 68.4 Å². The first kappa shape index (κ1) is 25.0. The molecule has 0 unspecified atom stereocenters. The van der Waals surface area contributed by atoms with E-state index in [2.05, 4.69) is 27.6 Å². The predicted octanol–water partition coefficient (Wildman–Crippen LogP) is 6.64. The third-order valence-corrected chi connectivity index (χ3v) is 5.37. The first-order valence-corrected chi connectivity index (χ1v) is 12.0. The molecule has 0 saturated carbocycles. The highest BCUT2D eigenvalue weighted by atomic mass is 16.5. The largest absolute Gasteiger partial charge is 0.494 e. The molecule has 6 nitrogen and oxygen atoms in total. The van der Waals surface area contributed by atoms with Gasteiger partial charge in [-0.3, -0.25) is 9.89 Å². The van der Waals surface area contributed by atoms with E-state index in [1.54, 1.807) is 12.3 Å². The molecule has 6 heteroatoms. The molecule has 178 valence electrons. The monoisotopic (exact) mass is 458 g/mol. The molecule has 1 heterocycles. The Hall–Kier alpha value is -3.67. The number of nitrogens with zero attached hydrogens (tertiary/aromatic N) is 2. The van der Waals surface area contributed by atoms with Gasteiger partial charge in [0.2, 0.25) is 0 Å². The number of ether oxygens (including phenoxy) is 1. The summed E-state index contributed by atoms with van der Waals surface area (Å²) in [6.45, 7) is 4.89. The molecule has 0 bridgehead atoms. The summed E-state index contributed by atoms with van der Waals surface area (Å²) in [4.78, 5) is 12.4. The summed E-state index contributed by atoms with van der Waals surface area (Å²) in [6.07, 6.45) is 11.1. The predicted molar refractivity (Wildman–Crippen MR) is 139 cm³/mol. The van der Waals surface area contributed by atoms with E-state index < -0.39 is 0 Å². The van der Waals surface area contributed by atoms with Crippen molar-refractivity contribution in [3.8, 4) is 17.0 Å². The molecular weight excluding hydrogens is 424 g/mol. The Labute approximate surface area is 202 Å². The van der Waals surface area contributed by atoms with Crippen LogP contribution in [0.3, 0.4) is 0 Å². The standard InChI is InChI=1S/C28H34N4O2/c1-3-4-5-6-7-11-18-34-25-16-14-24(15-17-25)26-20-27(31-30-26)28(33)32-29-21-22(2)19-23-12-9-8-10-13-23/h8-10,12-17,19-21H,3-7,11,18H2,1-2H3,(H,30,31)(H,32,33). The van der Waals surface area contributed by atoms with Crippen LogP contribution < -0.4 is 10.2 Å². The normalized spacial score (nSPS) is 11.6. The average molecular weight is 459 g/mol. The van der Waals surface area contributed by atoms with Gasteiger partial charge in [0.25, 0.3) is 5.91 Å². The maximum atomic E-state index is 12.4. The average Bonchev–Trinajstić information content (AvgIpc) is 3.35. The number of unbranched alkanes of at least 4 members (excludes halogenated alkanes) is 5. The van der Waals surface area contributed by atoms with Crippen molar-refractivity contribution in [2.45, 2.75) is 52.4 Å². The second-order valence-corrected chi connectivity index (χ2v) is 8.31. The molecular formula is C28H34N4O2. The fourth-order valence-corrected chi connectivity index (χ4v) is 3.48. The Bertz CT molecular complexity index is 1070. The Morgan fingerprint density at radius 3 is 2.53 bits per heavy atom. The third kappa shape index (κ3) is 8.35. The lowest BCUT2D eigenvalue weighted by Gasteiger charge is -2.06. The van der Waals surface area contributed by atoms with Gasteiger partial charge in [-0.2, -0.15) is 10.2 Å². The van der Waals surface area contributed by atoms with Crippen LogP contribution in [-0.4, -0.2) is 28.9 Å². The van der Waals surface area contributed by atoms with Crippen molar-refractivity contribution in [2.75, 3.05) is 6.61 Å². The number of amides is 1. The molecule has 1 amide bonds. The van der Waals surface area contributed by atoms with E-state index in [4.69, 9.17) is 4.74 Å². The first-order chi connectivity index (χ1) is 16.7. The number of aromatic amines is 1. The van der Waals surface area contributed by atoms with E-state index >= 15 is 0 Å². The van der Waals surface area contributed by atoms with Crippen molar-refractivity contribution >= 4 is 18.2 Å². The SMILES string of the molecule is CCCCCCCCOc1ccc(-c2cc(C(=O)NN=CC(C)=Cc3ccccc3)[nH]n2)cc1. The molecule has 0 radical (unpaired) electrons. The van der Waals surface area contributed by atoms with Crippen molar-refractivity contribution < 1.29 is 9.53 Å². The van der Waals surface area contributed by atoms with Gasteiger partial charge in [0, 0.05) is 5.56 Å². The highest BCUT2D eigenvalue weighted by molar-refractivity contribution is 5.94. The molecule has 0 atom stereocenters. The maximum absolute atomic E-state index is 12.4. The van der Waals surface area contributed by atoms with Crippen molar-refractivity contribution in [2.24, 2.45) is 5.10 Å². The topological polar surface area (TPSA) is 79.4 Å². The number of hydrogen-bond donors (Lipinski definition) is 2. The van der Waals surface area contributed by atoms with Gasteiger partial charge in [0.15, 0.2) is 0 Å². The Kier molecular flexibility index (Phi) is 10.1. The molecule has 0 aliphatic heterocycles. The van der Waals surface area contributed by atoms with Crippen LogP contribution in [0, 0.1) is 0 Å². The van der Waals surface area contributed by atoms with E-state index in [1.807, 2.05) is 67.6 Å². The molecule has 2 N–H and O–H groups in total. The van der Waals surface area contributed by atoms with Crippen molar-refractivity contribution in [3.63, 3.8) is 0 Å². The molecule has 34 heavy (non-hydrogen) atoms. The summed E-state index contributed by atoms with van der Waals surface area (Å²) in [5, 5.41) is 11.1. The van der Waals surface area contributed by atoms with Crippen LogP contribution in [0.4, 0.5) is 0 Å². The first-order valence-electron chi connectivity index (χ1n) is 12.0. The van der Waals surface area contributed by atoms with E-state index in [-0.39, 0.29) is 5.91 Å². The summed E-state index contributed by atoms with van der Waals surface area (Å²) >= 11 is 0. The van der Waals surface area contributed by atoms with Gasteiger partial charge >= 0.3 is 0 Å². The molecule has 0 aliphatic carbocycles. The van der Waals surface area contributed by atoms with E-state index in [0.29, 0.717) is 11.4 Å². The Morgan fingerprint density at radius 1 is 1.03 bits per heavy atom. The fourth-order valence-electron chi connectivity index (χ4n) is 3.48. The highest BCUT2D eigenvalue weighted by Gasteiger charge is 2.10. The number of aromatic nitrogens is 2. The summed E-state index contributed by atoms with van der Waals surface area (Å²) in [5.74, 6) is 0.500. The van der Waals surface area contributed by atoms with Crippen molar-refractivity contribution in [3.05, 3.63) is 77.5 Å². The number of benzene rings is 2. The van der Waals surface area contributed by atoms with Crippen LogP contribution in [-0.2, 0) is 0 Å². The molecule has 2 aromatic carbocycles. The lowest BCUT2D eigenvalue weighted by molar-refractivity contribution is 0.0950. The van der Waals surface area contributed by atoms with Gasteiger partial charge < -0.3 is 4.74 Å². The number of rotatable bonds is 13. The second kappa shape index (κ2) is 13.8. The van der Waals surface area contributed by atoms with Crippen molar-refractivity contribution in [1.82, 2.24) is 15.6 Å². The van der Waals surface area contributed by atoms with Gasteiger partial charge in [-0.1, -0.05) is 75.4 Å². The molecule has 0 fully saturated rings. The zero-order valence-electron chi connectivity index (χ0n) is 20.1. The van der Waals surface area contributed by atoms with Gasteiger partial charge in [-0.25, -0.2) is 5.43 Å². The number of nitrogens with one attached hydrogen (secondary N) is 2. The Morgan fingerprint density at radius 2 is 1.76 bits per heavy atom. The highest BCUT2D eigenvalue weighted by Crippen LogP contribution is 2.21. The van der Waals surface area contributed by atoms with Crippen LogP contribution >= 0.6 is 0 Å². The van der Waals surface area contributed by atoms with Gasteiger partial charge in [0.1, 0.15) is 11.4 Å². The van der Waals surface area contributed by atoms with Crippen LogP contribution in [0.2, 0.25) is 0 Å². The minimum atomic E-state index is -0.346. The quantitative estimate of drug-likeness (QED) is 0.171. The van der Waals surface area contributed by atoms with E-state index in [1.165, 1.54) is 32.1 Å².